The molecule has 0 radical (unpaired) electrons. The van der Waals surface area contributed by atoms with Crippen LogP contribution in [0.4, 0.5) is 0 Å². The minimum absolute atomic E-state index is 0.786. The molecule has 0 aliphatic carbocycles. The van der Waals surface area contributed by atoms with Crippen LogP contribution in [-0.2, 0) is 6.42 Å². The zero-order chi connectivity index (χ0) is 8.10. The quantitative estimate of drug-likeness (QED) is 0.554. The third kappa shape index (κ3) is 3.54. The molecule has 0 heterocycles. The fourth-order valence-electron chi connectivity index (χ4n) is 0.896. The van der Waals surface area contributed by atoms with Crippen molar-refractivity contribution in [3.05, 3.63) is 35.9 Å². The van der Waals surface area contributed by atoms with Gasteiger partial charge in [0.1, 0.15) is 0 Å². The topological polar surface area (TPSA) is 0 Å². The highest BCUT2D eigenvalue weighted by Crippen LogP contribution is 2.04. The van der Waals surface area contributed by atoms with Crippen molar-refractivity contribution in [1.82, 2.24) is 0 Å². The molecule has 11 heavy (non-hydrogen) atoms. The van der Waals surface area contributed by atoms with Crippen LogP contribution in [-0.4, -0.2) is 4.20 Å². The van der Waals surface area contributed by atoms with Crippen molar-refractivity contribution in [2.45, 2.75) is 12.8 Å². The molecule has 0 aromatic heterocycles. The number of aryl methyl sites for hydroxylation is 1. The first-order valence-electron chi connectivity index (χ1n) is 3.55. The van der Waals surface area contributed by atoms with Crippen LogP contribution in [0.2, 0.25) is 0 Å². The highest BCUT2D eigenvalue weighted by Gasteiger charge is 1.92. The average Bonchev–Trinajstić information content (AvgIpc) is 2.03. The van der Waals surface area contributed by atoms with Gasteiger partial charge in [0.25, 0.3) is 0 Å². The number of rotatable bonds is 3. The van der Waals surface area contributed by atoms with Crippen LogP contribution in [0.15, 0.2) is 30.3 Å². The highest BCUT2D eigenvalue weighted by atomic mass is 32.1. The van der Waals surface area contributed by atoms with Gasteiger partial charge in [0.05, 0.1) is 0 Å². The van der Waals surface area contributed by atoms with Gasteiger partial charge in [-0.2, -0.15) is 0 Å². The molecule has 0 atom stereocenters. The second kappa shape index (κ2) is 4.52. The van der Waals surface area contributed by atoms with E-state index in [9.17, 15) is 0 Å². The van der Waals surface area contributed by atoms with E-state index in [1.165, 1.54) is 5.56 Å². The molecule has 2 heteroatoms. The molecular formula is C9H10S2. The van der Waals surface area contributed by atoms with Crippen molar-refractivity contribution in [2.75, 3.05) is 0 Å². The molecule has 0 spiro atoms. The summed E-state index contributed by atoms with van der Waals surface area (Å²) in [6.07, 6.45) is 1.89. The summed E-state index contributed by atoms with van der Waals surface area (Å²) in [4.78, 5) is 0. The molecule has 0 nitrogen and oxygen atoms in total. The largest absolute Gasteiger partial charge is 0.136 e. The summed E-state index contributed by atoms with van der Waals surface area (Å²) in [6, 6.07) is 10.3. The molecule has 0 bridgehead atoms. The molecule has 0 saturated carbocycles. The van der Waals surface area contributed by atoms with E-state index >= 15 is 0 Å². The Morgan fingerprint density at radius 3 is 2.45 bits per heavy atom. The lowest BCUT2D eigenvalue weighted by atomic mass is 10.1. The molecule has 0 unspecified atom stereocenters. The smallest absolute Gasteiger partial charge is 0.0451 e. The molecule has 1 rings (SSSR count). The fourth-order valence-corrected chi connectivity index (χ4v) is 1.11. The van der Waals surface area contributed by atoms with E-state index in [2.05, 4.69) is 24.8 Å². The van der Waals surface area contributed by atoms with Gasteiger partial charge in [0.15, 0.2) is 0 Å². The molecule has 0 N–H and O–H groups in total. The molecule has 1 aromatic rings. The molecule has 0 aliphatic rings. The SMILES string of the molecule is S=C(S)CCc1ccccc1. The van der Waals surface area contributed by atoms with Crippen molar-refractivity contribution in [2.24, 2.45) is 0 Å². The van der Waals surface area contributed by atoms with Crippen LogP contribution >= 0.6 is 24.8 Å². The van der Waals surface area contributed by atoms with Gasteiger partial charge in [-0.25, -0.2) is 0 Å². The lowest BCUT2D eigenvalue weighted by Gasteiger charge is -1.97. The van der Waals surface area contributed by atoms with Gasteiger partial charge in [0, 0.05) is 4.20 Å². The molecule has 0 aliphatic heterocycles. The summed E-state index contributed by atoms with van der Waals surface area (Å²) < 4.78 is 0.786. The van der Waals surface area contributed by atoms with Gasteiger partial charge in [-0.1, -0.05) is 42.5 Å². The predicted molar refractivity (Wildman–Crippen MR) is 56.3 cm³/mol. The minimum atomic E-state index is 0.786. The number of thiol groups is 1. The number of benzene rings is 1. The maximum atomic E-state index is 4.86. The molecule has 58 valence electrons. The van der Waals surface area contributed by atoms with Crippen molar-refractivity contribution in [3.8, 4) is 0 Å². The van der Waals surface area contributed by atoms with Gasteiger partial charge in [-0.15, -0.1) is 12.6 Å². The van der Waals surface area contributed by atoms with Gasteiger partial charge in [-0.3, -0.25) is 0 Å². The maximum Gasteiger partial charge on any atom is 0.0451 e. The van der Waals surface area contributed by atoms with E-state index in [4.69, 9.17) is 12.2 Å². The Kier molecular flexibility index (Phi) is 3.60. The normalized spacial score (nSPS) is 9.55. The second-order valence-electron chi connectivity index (χ2n) is 2.38. The zero-order valence-corrected chi connectivity index (χ0v) is 7.87. The third-order valence-electron chi connectivity index (χ3n) is 1.47. The minimum Gasteiger partial charge on any atom is -0.136 e. The van der Waals surface area contributed by atoms with Crippen molar-refractivity contribution in [3.63, 3.8) is 0 Å². The Balaban J connectivity index is 2.45. The lowest BCUT2D eigenvalue weighted by molar-refractivity contribution is 1.06. The number of hydrogen-bond acceptors (Lipinski definition) is 1. The van der Waals surface area contributed by atoms with Gasteiger partial charge in [0.2, 0.25) is 0 Å². The first kappa shape index (κ1) is 8.75. The van der Waals surface area contributed by atoms with Crippen LogP contribution in [0, 0.1) is 0 Å². The summed E-state index contributed by atoms with van der Waals surface area (Å²) >= 11 is 8.92. The Bertz CT molecular complexity index is 229. The van der Waals surface area contributed by atoms with Gasteiger partial charge < -0.3 is 0 Å². The standard InChI is InChI=1S/C9H10S2/c10-9(11)7-6-8-4-2-1-3-5-8/h1-5H,6-7H2,(H,10,11). The predicted octanol–water partition coefficient (Wildman–Crippen LogP) is 2.88. The van der Waals surface area contributed by atoms with E-state index in [0.29, 0.717) is 0 Å². The number of hydrogen-bond donors (Lipinski definition) is 1. The summed E-state index contributed by atoms with van der Waals surface area (Å²) in [7, 11) is 0. The first-order valence-corrected chi connectivity index (χ1v) is 4.40. The van der Waals surface area contributed by atoms with Crippen LogP contribution < -0.4 is 0 Å². The Hall–Kier alpha value is -0.340. The summed E-state index contributed by atoms with van der Waals surface area (Å²) in [5, 5.41) is 0. The van der Waals surface area contributed by atoms with E-state index < -0.39 is 0 Å². The summed E-state index contributed by atoms with van der Waals surface area (Å²) in [6.45, 7) is 0. The summed E-state index contributed by atoms with van der Waals surface area (Å²) in [5.74, 6) is 0. The zero-order valence-electron chi connectivity index (χ0n) is 6.16. The van der Waals surface area contributed by atoms with E-state index in [1.54, 1.807) is 0 Å². The van der Waals surface area contributed by atoms with Crippen molar-refractivity contribution in [1.29, 1.82) is 0 Å². The summed E-state index contributed by atoms with van der Waals surface area (Å²) in [5.41, 5.74) is 1.32. The maximum absolute atomic E-state index is 4.86. The monoisotopic (exact) mass is 182 g/mol. The number of thiocarbonyl (C=S) groups is 1. The molecule has 1 aromatic carbocycles. The Labute approximate surface area is 78.0 Å². The van der Waals surface area contributed by atoms with Gasteiger partial charge >= 0.3 is 0 Å². The van der Waals surface area contributed by atoms with Crippen LogP contribution in [0.1, 0.15) is 12.0 Å². The second-order valence-corrected chi connectivity index (χ2v) is 3.71. The van der Waals surface area contributed by atoms with E-state index in [-0.39, 0.29) is 0 Å². The third-order valence-corrected chi connectivity index (χ3v) is 1.90. The van der Waals surface area contributed by atoms with Crippen LogP contribution in [0.5, 0.6) is 0 Å². The highest BCUT2D eigenvalue weighted by molar-refractivity contribution is 8.11. The molecule has 0 fully saturated rings. The first-order chi connectivity index (χ1) is 5.29. The Morgan fingerprint density at radius 2 is 1.91 bits per heavy atom. The van der Waals surface area contributed by atoms with Crippen LogP contribution in [0.3, 0.4) is 0 Å². The van der Waals surface area contributed by atoms with E-state index in [0.717, 1.165) is 17.0 Å². The lowest BCUT2D eigenvalue weighted by Crippen LogP contribution is -1.88. The van der Waals surface area contributed by atoms with E-state index in [1.807, 2.05) is 18.2 Å². The van der Waals surface area contributed by atoms with Crippen LogP contribution in [0.25, 0.3) is 0 Å². The average molecular weight is 182 g/mol. The Morgan fingerprint density at radius 1 is 1.27 bits per heavy atom. The molecule has 0 amide bonds. The molecular weight excluding hydrogens is 172 g/mol. The van der Waals surface area contributed by atoms with Crippen molar-refractivity contribution < 1.29 is 0 Å². The fraction of sp³-hybridized carbons (Fsp3) is 0.222. The molecule has 0 saturated heterocycles. The van der Waals surface area contributed by atoms with Crippen molar-refractivity contribution >= 4 is 29.0 Å². The van der Waals surface area contributed by atoms with Gasteiger partial charge in [-0.05, 0) is 18.4 Å².